The van der Waals surface area contributed by atoms with E-state index >= 15 is 0 Å². The van der Waals surface area contributed by atoms with E-state index in [-0.39, 0.29) is 17.8 Å². The second-order valence-corrected chi connectivity index (χ2v) is 8.32. The normalized spacial score (nSPS) is 19.8. The summed E-state index contributed by atoms with van der Waals surface area (Å²) in [7, 11) is 0. The number of esters is 1. The molecule has 7 heteroatoms. The molecule has 6 nitrogen and oxygen atoms in total. The van der Waals surface area contributed by atoms with Crippen LogP contribution in [0.15, 0.2) is 0 Å². The molecule has 2 aliphatic rings. The molecule has 27 heavy (non-hydrogen) atoms. The third kappa shape index (κ3) is 4.88. The monoisotopic (exact) mass is 389 g/mol. The number of amides is 1. The Balaban J connectivity index is 1.52. The molecule has 1 fully saturated rings. The first kappa shape index (κ1) is 19.8. The Bertz CT molecular complexity index is 738. The summed E-state index contributed by atoms with van der Waals surface area (Å²) in [5.74, 6) is -0.284. The molecule has 0 aromatic carbocycles. The Morgan fingerprint density at radius 3 is 2.93 bits per heavy atom. The van der Waals surface area contributed by atoms with Crippen LogP contribution in [0, 0.1) is 17.2 Å². The fourth-order valence-corrected chi connectivity index (χ4v) is 5.19. The van der Waals surface area contributed by atoms with E-state index in [1.807, 2.05) is 6.92 Å². The Hall–Kier alpha value is -1.91. The van der Waals surface area contributed by atoms with Gasteiger partial charge >= 0.3 is 5.97 Å². The number of likely N-dealkylation sites (tertiary alicyclic amines) is 1. The highest BCUT2D eigenvalue weighted by molar-refractivity contribution is 7.16. The number of piperidine rings is 1. The van der Waals surface area contributed by atoms with Gasteiger partial charge in [-0.15, -0.1) is 11.3 Å². The first-order valence-corrected chi connectivity index (χ1v) is 10.7. The van der Waals surface area contributed by atoms with Crippen molar-refractivity contribution < 1.29 is 14.3 Å². The minimum absolute atomic E-state index is 0.0663. The van der Waals surface area contributed by atoms with Gasteiger partial charge in [-0.25, -0.2) is 0 Å². The number of hydrogen-bond donors (Lipinski definition) is 1. The average molecular weight is 390 g/mol. The van der Waals surface area contributed by atoms with Crippen LogP contribution in [-0.2, 0) is 27.2 Å². The molecule has 1 amide bonds. The van der Waals surface area contributed by atoms with Gasteiger partial charge in [0.05, 0.1) is 18.1 Å². The molecule has 1 aromatic heterocycles. The van der Waals surface area contributed by atoms with Crippen molar-refractivity contribution in [2.45, 2.75) is 51.9 Å². The van der Waals surface area contributed by atoms with Crippen molar-refractivity contribution in [2.75, 3.05) is 31.6 Å². The van der Waals surface area contributed by atoms with Gasteiger partial charge in [0.15, 0.2) is 0 Å². The topological polar surface area (TPSA) is 82.4 Å². The van der Waals surface area contributed by atoms with Crippen LogP contribution in [0.5, 0.6) is 0 Å². The predicted octanol–water partition coefficient (Wildman–Crippen LogP) is 3.10. The van der Waals surface area contributed by atoms with Gasteiger partial charge in [-0.2, -0.15) is 5.26 Å². The Morgan fingerprint density at radius 2 is 2.15 bits per heavy atom. The highest BCUT2D eigenvalue weighted by atomic mass is 32.1. The number of nitrogens with one attached hydrogen (secondary N) is 1. The maximum atomic E-state index is 12.4. The minimum Gasteiger partial charge on any atom is -0.466 e. The highest BCUT2D eigenvalue weighted by Gasteiger charge is 2.27. The number of carbonyl (C=O) groups is 2. The van der Waals surface area contributed by atoms with Crippen molar-refractivity contribution in [2.24, 2.45) is 5.92 Å². The minimum atomic E-state index is -0.130. The number of nitriles is 1. The van der Waals surface area contributed by atoms with E-state index in [0.717, 1.165) is 50.6 Å². The summed E-state index contributed by atoms with van der Waals surface area (Å²) in [6.45, 7) is 4.40. The van der Waals surface area contributed by atoms with Gasteiger partial charge < -0.3 is 15.0 Å². The fourth-order valence-electron chi connectivity index (χ4n) is 3.93. The lowest BCUT2D eigenvalue weighted by Gasteiger charge is -2.31. The van der Waals surface area contributed by atoms with E-state index in [0.29, 0.717) is 36.7 Å². The summed E-state index contributed by atoms with van der Waals surface area (Å²) in [5, 5.41) is 13.1. The van der Waals surface area contributed by atoms with Crippen molar-refractivity contribution >= 4 is 28.2 Å². The molecule has 1 aromatic rings. The van der Waals surface area contributed by atoms with Gasteiger partial charge in [0.25, 0.3) is 0 Å². The number of fused-ring (bicyclic) bond motifs is 1. The molecule has 146 valence electrons. The molecule has 0 radical (unpaired) electrons. The van der Waals surface area contributed by atoms with Crippen LogP contribution in [0.2, 0.25) is 0 Å². The number of ether oxygens (including phenoxy) is 1. The average Bonchev–Trinajstić information content (AvgIpc) is 3.03. The number of anilines is 1. The van der Waals surface area contributed by atoms with Gasteiger partial charge in [0.2, 0.25) is 5.91 Å². The van der Waals surface area contributed by atoms with Crippen molar-refractivity contribution in [1.82, 2.24) is 4.90 Å². The highest BCUT2D eigenvalue weighted by Crippen LogP contribution is 2.37. The van der Waals surface area contributed by atoms with E-state index in [1.54, 1.807) is 11.3 Å². The molecule has 1 N–H and O–H groups in total. The SMILES string of the molecule is CCOC(=O)[C@H]1CCCN(CCC(=O)Nc2sc3c(c2C#N)CCCC3)C1. The molecule has 1 atom stereocenters. The Kier molecular flexibility index (Phi) is 6.86. The standard InChI is InChI=1S/C20H27N3O3S/c1-2-26-20(25)14-6-5-10-23(13-14)11-9-18(24)22-19-16(12-21)15-7-3-4-8-17(15)27-19/h14H,2-11,13H2,1H3,(H,22,24)/t14-/m0/s1. The summed E-state index contributed by atoms with van der Waals surface area (Å²) in [5.41, 5.74) is 1.79. The molecule has 0 spiro atoms. The summed E-state index contributed by atoms with van der Waals surface area (Å²) < 4.78 is 5.13. The smallest absolute Gasteiger partial charge is 0.310 e. The maximum Gasteiger partial charge on any atom is 0.310 e. The molecule has 1 saturated heterocycles. The Morgan fingerprint density at radius 1 is 1.33 bits per heavy atom. The molecule has 0 unspecified atom stereocenters. The van der Waals surface area contributed by atoms with Gasteiger partial charge in [-0.1, -0.05) is 0 Å². The zero-order valence-electron chi connectivity index (χ0n) is 15.9. The van der Waals surface area contributed by atoms with E-state index in [2.05, 4.69) is 16.3 Å². The lowest BCUT2D eigenvalue weighted by molar-refractivity contribution is -0.149. The van der Waals surface area contributed by atoms with Crippen LogP contribution in [0.4, 0.5) is 5.00 Å². The number of rotatable bonds is 6. The fraction of sp³-hybridized carbons (Fsp3) is 0.650. The van der Waals surface area contributed by atoms with Gasteiger partial charge in [0.1, 0.15) is 11.1 Å². The van der Waals surface area contributed by atoms with Crippen LogP contribution < -0.4 is 5.32 Å². The quantitative estimate of drug-likeness (QED) is 0.756. The Labute approximate surface area is 164 Å². The van der Waals surface area contributed by atoms with Crippen LogP contribution in [0.25, 0.3) is 0 Å². The number of aryl methyl sites for hydroxylation is 1. The molecular formula is C20H27N3O3S. The molecule has 1 aliphatic carbocycles. The summed E-state index contributed by atoms with van der Waals surface area (Å²) in [6, 6.07) is 2.28. The van der Waals surface area contributed by atoms with Gasteiger partial charge in [-0.05, 0) is 57.6 Å². The number of hydrogen-bond acceptors (Lipinski definition) is 6. The van der Waals surface area contributed by atoms with Gasteiger partial charge in [-0.3, -0.25) is 9.59 Å². The second kappa shape index (κ2) is 9.34. The predicted molar refractivity (Wildman–Crippen MR) is 105 cm³/mol. The molecular weight excluding hydrogens is 362 g/mol. The zero-order chi connectivity index (χ0) is 19.2. The molecule has 0 saturated carbocycles. The number of carbonyl (C=O) groups excluding carboxylic acids is 2. The van der Waals surface area contributed by atoms with Crippen molar-refractivity contribution in [3.05, 3.63) is 16.0 Å². The zero-order valence-corrected chi connectivity index (χ0v) is 16.7. The molecule has 0 bridgehead atoms. The third-order valence-electron chi connectivity index (χ3n) is 5.32. The third-order valence-corrected chi connectivity index (χ3v) is 6.52. The van der Waals surface area contributed by atoms with Crippen molar-refractivity contribution in [3.8, 4) is 6.07 Å². The summed E-state index contributed by atoms with van der Waals surface area (Å²) in [6.07, 6.45) is 6.38. The van der Waals surface area contributed by atoms with Crippen LogP contribution in [0.3, 0.4) is 0 Å². The number of nitrogens with zero attached hydrogens (tertiary/aromatic N) is 2. The van der Waals surface area contributed by atoms with E-state index in [9.17, 15) is 14.9 Å². The van der Waals surface area contributed by atoms with E-state index in [1.165, 1.54) is 4.88 Å². The molecule has 3 rings (SSSR count). The van der Waals surface area contributed by atoms with Crippen LogP contribution >= 0.6 is 11.3 Å². The number of thiophene rings is 1. The lowest BCUT2D eigenvalue weighted by Crippen LogP contribution is -2.40. The van der Waals surface area contributed by atoms with E-state index < -0.39 is 0 Å². The largest absolute Gasteiger partial charge is 0.466 e. The summed E-state index contributed by atoms with van der Waals surface area (Å²) >= 11 is 1.56. The van der Waals surface area contributed by atoms with Crippen LogP contribution in [0.1, 0.15) is 55.0 Å². The molecule has 1 aliphatic heterocycles. The van der Waals surface area contributed by atoms with Crippen LogP contribution in [-0.4, -0.2) is 43.0 Å². The first-order valence-electron chi connectivity index (χ1n) is 9.85. The second-order valence-electron chi connectivity index (χ2n) is 7.22. The van der Waals surface area contributed by atoms with E-state index in [4.69, 9.17) is 4.74 Å². The van der Waals surface area contributed by atoms with Gasteiger partial charge in [0, 0.05) is 24.4 Å². The van der Waals surface area contributed by atoms with Crippen molar-refractivity contribution in [1.29, 1.82) is 5.26 Å². The molecule has 2 heterocycles. The van der Waals surface area contributed by atoms with Crippen molar-refractivity contribution in [3.63, 3.8) is 0 Å². The first-order chi connectivity index (χ1) is 13.1. The lowest BCUT2D eigenvalue weighted by atomic mass is 9.96. The maximum absolute atomic E-state index is 12.4. The summed E-state index contributed by atoms with van der Waals surface area (Å²) in [4.78, 5) is 27.8.